The number of carbonyl (C=O) groups is 2. The van der Waals surface area contributed by atoms with Crippen molar-refractivity contribution in [3.63, 3.8) is 0 Å². The van der Waals surface area contributed by atoms with Crippen molar-refractivity contribution in [1.29, 1.82) is 0 Å². The van der Waals surface area contributed by atoms with E-state index >= 15 is 0 Å². The first kappa shape index (κ1) is 25.8. The zero-order valence-corrected chi connectivity index (χ0v) is 20.9. The first-order chi connectivity index (χ1) is 16.5. The van der Waals surface area contributed by atoms with Crippen LogP contribution in [-0.2, 0) is 21.9 Å². The highest BCUT2D eigenvalue weighted by molar-refractivity contribution is 7.99. The van der Waals surface area contributed by atoms with Crippen LogP contribution in [0.25, 0.3) is 11.4 Å². The van der Waals surface area contributed by atoms with E-state index in [-0.39, 0.29) is 28.5 Å². The Hall–Kier alpha value is -3.78. The quantitative estimate of drug-likeness (QED) is 0.338. The average molecular weight is 522 g/mol. The molecule has 35 heavy (non-hydrogen) atoms. The lowest BCUT2D eigenvalue weighted by Crippen LogP contribution is -2.17. The zero-order valence-electron chi connectivity index (χ0n) is 19.2. The zero-order chi connectivity index (χ0) is 25.8. The number of anilines is 2. The fourth-order valence-corrected chi connectivity index (χ4v) is 4.34. The first-order valence-corrected chi connectivity index (χ1v) is 12.8. The van der Waals surface area contributed by atoms with Crippen LogP contribution in [0.4, 0.5) is 11.4 Å². The molecule has 0 fully saturated rings. The van der Waals surface area contributed by atoms with Gasteiger partial charge in [0, 0.05) is 30.4 Å². The SMILES string of the molecule is COc1cc(NC(=O)CSc2nnc(-c3ccc(NS(C)(=O)=O)cc3)n2C)c(C(=O)O)cc1OC. The van der Waals surface area contributed by atoms with Gasteiger partial charge in [-0.25, -0.2) is 13.2 Å². The maximum absolute atomic E-state index is 12.5. The molecular weight excluding hydrogens is 498 g/mol. The number of aromatic nitrogens is 3. The molecular formula is C21H23N5O7S2. The Kier molecular flexibility index (Phi) is 7.86. The van der Waals surface area contributed by atoms with E-state index in [1.165, 1.54) is 26.4 Å². The third-order valence-corrected chi connectivity index (χ3v) is 6.27. The lowest BCUT2D eigenvalue weighted by atomic mass is 10.1. The molecule has 12 nitrogen and oxygen atoms in total. The summed E-state index contributed by atoms with van der Waals surface area (Å²) in [6.07, 6.45) is 1.07. The summed E-state index contributed by atoms with van der Waals surface area (Å²) in [5.74, 6) is -0.724. The van der Waals surface area contributed by atoms with E-state index in [0.717, 1.165) is 18.0 Å². The van der Waals surface area contributed by atoms with Gasteiger partial charge in [-0.1, -0.05) is 11.8 Å². The fourth-order valence-electron chi connectivity index (χ4n) is 3.07. The van der Waals surface area contributed by atoms with Crippen LogP contribution in [0.2, 0.25) is 0 Å². The molecule has 14 heteroatoms. The number of nitrogens with zero attached hydrogens (tertiary/aromatic N) is 3. The molecule has 0 radical (unpaired) electrons. The number of ether oxygens (including phenoxy) is 2. The summed E-state index contributed by atoms with van der Waals surface area (Å²) in [7, 11) is 1.14. The minimum Gasteiger partial charge on any atom is -0.493 e. The van der Waals surface area contributed by atoms with Crippen LogP contribution in [-0.4, -0.2) is 66.4 Å². The number of rotatable bonds is 10. The summed E-state index contributed by atoms with van der Waals surface area (Å²) in [6.45, 7) is 0. The molecule has 2 aromatic carbocycles. The van der Waals surface area contributed by atoms with Crippen LogP contribution in [0.1, 0.15) is 10.4 Å². The second-order valence-electron chi connectivity index (χ2n) is 7.21. The smallest absolute Gasteiger partial charge is 0.337 e. The molecule has 0 saturated carbocycles. The number of carbonyl (C=O) groups excluding carboxylic acids is 1. The first-order valence-electron chi connectivity index (χ1n) is 9.92. The number of carboxylic acids is 1. The highest BCUT2D eigenvalue weighted by atomic mass is 32.2. The van der Waals surface area contributed by atoms with E-state index in [1.807, 2.05) is 0 Å². The van der Waals surface area contributed by atoms with Crippen molar-refractivity contribution >= 4 is 45.0 Å². The minimum absolute atomic E-state index is 0.0589. The number of nitrogens with one attached hydrogen (secondary N) is 2. The molecule has 0 aliphatic rings. The summed E-state index contributed by atoms with van der Waals surface area (Å²) in [5.41, 5.74) is 1.05. The van der Waals surface area contributed by atoms with Crippen molar-refractivity contribution < 1.29 is 32.6 Å². The van der Waals surface area contributed by atoms with Crippen LogP contribution >= 0.6 is 11.8 Å². The number of hydrogen-bond acceptors (Lipinski definition) is 9. The molecule has 0 saturated heterocycles. The number of thioether (sulfide) groups is 1. The van der Waals surface area contributed by atoms with E-state index in [0.29, 0.717) is 22.2 Å². The summed E-state index contributed by atoms with van der Waals surface area (Å²) in [5, 5.41) is 20.8. The molecule has 1 amide bonds. The summed E-state index contributed by atoms with van der Waals surface area (Å²) in [4.78, 5) is 24.2. The van der Waals surface area contributed by atoms with E-state index < -0.39 is 21.9 Å². The van der Waals surface area contributed by atoms with Gasteiger partial charge >= 0.3 is 5.97 Å². The van der Waals surface area contributed by atoms with Crippen LogP contribution in [0, 0.1) is 0 Å². The molecule has 1 heterocycles. The number of benzene rings is 2. The van der Waals surface area contributed by atoms with Gasteiger partial charge in [0.25, 0.3) is 0 Å². The van der Waals surface area contributed by atoms with Crippen LogP contribution < -0.4 is 19.5 Å². The molecule has 3 rings (SSSR count). The Labute approximate surface area is 205 Å². The van der Waals surface area contributed by atoms with Crippen molar-refractivity contribution in [3.8, 4) is 22.9 Å². The standard InChI is InChI=1S/C21H23N5O7S2/c1-26-19(12-5-7-13(8-6-12)25-35(4,30)31)23-24-21(26)34-11-18(27)22-15-10-17(33-3)16(32-2)9-14(15)20(28)29/h5-10,25H,11H2,1-4H3,(H,22,27)(H,28,29). The van der Waals surface area contributed by atoms with Crippen molar-refractivity contribution in [2.45, 2.75) is 5.16 Å². The lowest BCUT2D eigenvalue weighted by Gasteiger charge is -2.13. The van der Waals surface area contributed by atoms with Crippen LogP contribution in [0.15, 0.2) is 41.6 Å². The predicted molar refractivity (Wildman–Crippen MR) is 131 cm³/mol. The van der Waals surface area contributed by atoms with Crippen molar-refractivity contribution in [2.24, 2.45) is 7.05 Å². The van der Waals surface area contributed by atoms with Gasteiger partial charge in [0.1, 0.15) is 0 Å². The number of amides is 1. The molecule has 0 bridgehead atoms. The second-order valence-corrected chi connectivity index (χ2v) is 9.90. The third kappa shape index (κ3) is 6.42. The summed E-state index contributed by atoms with van der Waals surface area (Å²) >= 11 is 1.12. The summed E-state index contributed by atoms with van der Waals surface area (Å²) in [6, 6.07) is 9.26. The maximum Gasteiger partial charge on any atom is 0.337 e. The molecule has 186 valence electrons. The van der Waals surface area contributed by atoms with Gasteiger partial charge in [0.2, 0.25) is 15.9 Å². The molecule has 0 aliphatic heterocycles. The summed E-state index contributed by atoms with van der Waals surface area (Å²) < 4.78 is 37.1. The topological polar surface area (TPSA) is 162 Å². The van der Waals surface area contributed by atoms with Gasteiger partial charge in [-0.05, 0) is 24.3 Å². The van der Waals surface area contributed by atoms with Gasteiger partial charge in [-0.2, -0.15) is 0 Å². The monoisotopic (exact) mass is 521 g/mol. The molecule has 0 atom stereocenters. The third-order valence-electron chi connectivity index (χ3n) is 4.64. The Bertz CT molecular complexity index is 1360. The van der Waals surface area contributed by atoms with Gasteiger partial charge in [0.15, 0.2) is 22.5 Å². The van der Waals surface area contributed by atoms with Crippen LogP contribution in [0.3, 0.4) is 0 Å². The molecule has 0 unspecified atom stereocenters. The highest BCUT2D eigenvalue weighted by Crippen LogP contribution is 2.33. The predicted octanol–water partition coefficient (Wildman–Crippen LogP) is 2.30. The van der Waals surface area contributed by atoms with Crippen molar-refractivity contribution in [1.82, 2.24) is 14.8 Å². The molecule has 3 aromatic rings. The van der Waals surface area contributed by atoms with Crippen molar-refractivity contribution in [3.05, 3.63) is 42.0 Å². The number of aromatic carboxylic acids is 1. The Balaban J connectivity index is 1.70. The Morgan fingerprint density at radius 1 is 1.09 bits per heavy atom. The fraction of sp³-hybridized carbons (Fsp3) is 0.238. The maximum atomic E-state index is 12.5. The van der Waals surface area contributed by atoms with E-state index in [9.17, 15) is 23.1 Å². The van der Waals surface area contributed by atoms with Crippen LogP contribution in [0.5, 0.6) is 11.5 Å². The Morgan fingerprint density at radius 2 is 1.71 bits per heavy atom. The lowest BCUT2D eigenvalue weighted by molar-refractivity contribution is -0.113. The second kappa shape index (κ2) is 10.7. The van der Waals surface area contributed by atoms with Gasteiger partial charge < -0.3 is 24.5 Å². The minimum atomic E-state index is -3.38. The van der Waals surface area contributed by atoms with Crippen molar-refractivity contribution in [2.75, 3.05) is 36.3 Å². The van der Waals surface area contributed by atoms with E-state index in [1.54, 1.807) is 35.9 Å². The average Bonchev–Trinajstić information content (AvgIpc) is 3.16. The largest absolute Gasteiger partial charge is 0.493 e. The molecule has 3 N–H and O–H groups in total. The van der Waals surface area contributed by atoms with E-state index in [4.69, 9.17) is 9.47 Å². The molecule has 0 spiro atoms. The van der Waals surface area contributed by atoms with Gasteiger partial charge in [-0.15, -0.1) is 10.2 Å². The number of hydrogen-bond donors (Lipinski definition) is 3. The molecule has 0 aliphatic carbocycles. The Morgan fingerprint density at radius 3 is 2.29 bits per heavy atom. The number of sulfonamides is 1. The number of methoxy groups -OCH3 is 2. The van der Waals surface area contributed by atoms with E-state index in [2.05, 4.69) is 20.2 Å². The number of carboxylic acid groups (broad SMARTS) is 1. The van der Waals surface area contributed by atoms with Gasteiger partial charge in [-0.3, -0.25) is 9.52 Å². The normalized spacial score (nSPS) is 11.1. The molecule has 1 aromatic heterocycles. The highest BCUT2D eigenvalue weighted by Gasteiger charge is 2.19. The van der Waals surface area contributed by atoms with Gasteiger partial charge in [0.05, 0.1) is 37.5 Å².